The van der Waals surface area contributed by atoms with E-state index in [0.717, 1.165) is 54.8 Å². The van der Waals surface area contributed by atoms with Gasteiger partial charge in [0.15, 0.2) is 0 Å². The first-order chi connectivity index (χ1) is 12.9. The fraction of sp³-hybridized carbons (Fsp3) is 1.00. The molecule has 3 N–H and O–H groups in total. The first kappa shape index (κ1) is 20.2. The molecule has 0 aliphatic heterocycles. The van der Waals surface area contributed by atoms with Crippen LogP contribution >= 0.6 is 0 Å². The van der Waals surface area contributed by atoms with Gasteiger partial charge in [-0.3, -0.25) is 0 Å². The lowest BCUT2D eigenvalue weighted by Gasteiger charge is -2.57. The van der Waals surface area contributed by atoms with Crippen molar-refractivity contribution in [3.63, 3.8) is 0 Å². The first-order valence-electron chi connectivity index (χ1n) is 12.0. The Morgan fingerprint density at radius 3 is 2.52 bits per heavy atom. The van der Waals surface area contributed by atoms with Crippen LogP contribution in [0.1, 0.15) is 85.0 Å². The highest BCUT2D eigenvalue weighted by molar-refractivity contribution is 5.08. The van der Waals surface area contributed by atoms with E-state index in [4.69, 9.17) is 10.5 Å². The van der Waals surface area contributed by atoms with E-state index in [1.807, 2.05) is 6.92 Å². The number of ether oxygens (including phenoxy) is 1. The van der Waals surface area contributed by atoms with E-state index >= 15 is 0 Å². The summed E-state index contributed by atoms with van der Waals surface area (Å²) in [5.74, 6) is 5.07. The maximum atomic E-state index is 11.0. The predicted molar refractivity (Wildman–Crippen MR) is 110 cm³/mol. The summed E-state index contributed by atoms with van der Waals surface area (Å²) in [6, 6.07) is 0.399. The van der Waals surface area contributed by atoms with E-state index in [9.17, 15) is 5.11 Å². The molecule has 0 heterocycles. The summed E-state index contributed by atoms with van der Waals surface area (Å²) in [5.41, 5.74) is 6.51. The van der Waals surface area contributed by atoms with E-state index < -0.39 is 5.60 Å². The minimum Gasteiger partial charge on any atom is -0.387 e. The van der Waals surface area contributed by atoms with Gasteiger partial charge >= 0.3 is 0 Å². The lowest BCUT2D eigenvalue weighted by molar-refractivity contribution is -0.128. The van der Waals surface area contributed by atoms with Crippen LogP contribution in [-0.4, -0.2) is 30.0 Å². The van der Waals surface area contributed by atoms with Gasteiger partial charge < -0.3 is 15.6 Å². The molecule has 0 aromatic carbocycles. The van der Waals surface area contributed by atoms with Crippen molar-refractivity contribution in [2.45, 2.75) is 96.6 Å². The molecule has 0 saturated heterocycles. The molecule has 4 saturated carbocycles. The van der Waals surface area contributed by atoms with Gasteiger partial charge in [-0.05, 0) is 112 Å². The van der Waals surface area contributed by atoms with Crippen molar-refractivity contribution in [2.24, 2.45) is 46.7 Å². The van der Waals surface area contributed by atoms with E-state index in [-0.39, 0.29) is 0 Å². The smallest absolute Gasteiger partial charge is 0.0883 e. The topological polar surface area (TPSA) is 55.5 Å². The van der Waals surface area contributed by atoms with Gasteiger partial charge in [-0.15, -0.1) is 0 Å². The highest BCUT2D eigenvalue weighted by Crippen LogP contribution is 2.65. The van der Waals surface area contributed by atoms with Crippen LogP contribution < -0.4 is 5.73 Å². The molecular formula is C24H43NO2. The van der Waals surface area contributed by atoms with Crippen LogP contribution in [0.15, 0.2) is 0 Å². The molecule has 4 aliphatic carbocycles. The summed E-state index contributed by atoms with van der Waals surface area (Å²) < 4.78 is 5.62. The van der Waals surface area contributed by atoms with Gasteiger partial charge in [-0.25, -0.2) is 0 Å². The Labute approximate surface area is 166 Å². The minimum atomic E-state index is -0.556. The van der Waals surface area contributed by atoms with E-state index in [1.165, 1.54) is 44.9 Å². The summed E-state index contributed by atoms with van der Waals surface area (Å²) in [5, 5.41) is 11.0. The third kappa shape index (κ3) is 3.40. The lowest BCUT2D eigenvalue weighted by Crippen LogP contribution is -2.53. The number of hydrogen-bond donors (Lipinski definition) is 2. The normalized spacial score (nSPS) is 50.6. The molecule has 0 radical (unpaired) electrons. The summed E-state index contributed by atoms with van der Waals surface area (Å²) in [6.07, 6.45) is 12.6. The summed E-state index contributed by atoms with van der Waals surface area (Å²) in [6.45, 7) is 8.14. The second-order valence-corrected chi connectivity index (χ2v) is 10.8. The van der Waals surface area contributed by atoms with Crippen LogP contribution in [-0.2, 0) is 4.74 Å². The summed E-state index contributed by atoms with van der Waals surface area (Å²) in [4.78, 5) is 0. The fourth-order valence-electron chi connectivity index (χ4n) is 8.41. The van der Waals surface area contributed by atoms with Gasteiger partial charge in [0.1, 0.15) is 0 Å². The number of fused-ring (bicyclic) bond motifs is 5. The molecule has 4 rings (SSSR count). The average molecular weight is 378 g/mol. The Morgan fingerprint density at radius 2 is 1.78 bits per heavy atom. The average Bonchev–Trinajstić information content (AvgIpc) is 3.02. The maximum Gasteiger partial charge on any atom is 0.0883 e. The second-order valence-electron chi connectivity index (χ2n) is 10.8. The minimum absolute atomic E-state index is 0.399. The Hall–Kier alpha value is -0.120. The highest BCUT2D eigenvalue weighted by Gasteiger charge is 2.58. The van der Waals surface area contributed by atoms with Crippen LogP contribution in [0.3, 0.4) is 0 Å². The zero-order valence-electron chi connectivity index (χ0n) is 18.0. The van der Waals surface area contributed by atoms with E-state index in [1.54, 1.807) is 0 Å². The van der Waals surface area contributed by atoms with Crippen molar-refractivity contribution < 1.29 is 9.84 Å². The first-order valence-corrected chi connectivity index (χ1v) is 12.0. The Balaban J connectivity index is 1.46. The van der Waals surface area contributed by atoms with Crippen LogP contribution in [0.2, 0.25) is 0 Å². The summed E-state index contributed by atoms with van der Waals surface area (Å²) in [7, 11) is 0. The number of rotatable bonds is 5. The quantitative estimate of drug-likeness (QED) is 0.726. The highest BCUT2D eigenvalue weighted by atomic mass is 16.5. The van der Waals surface area contributed by atoms with E-state index in [0.29, 0.717) is 24.7 Å². The van der Waals surface area contributed by atoms with Crippen LogP contribution in [0, 0.1) is 40.9 Å². The number of nitrogens with two attached hydrogens (primary N) is 1. The molecule has 0 unspecified atom stereocenters. The van der Waals surface area contributed by atoms with Crippen LogP contribution in [0.5, 0.6) is 0 Å². The molecule has 3 heteroatoms. The van der Waals surface area contributed by atoms with Gasteiger partial charge in [0, 0.05) is 12.6 Å². The molecule has 0 aromatic heterocycles. The molecule has 0 amide bonds. The standard InChI is InChI=1S/C24H43NO2/c1-4-22(25)21-9-8-20-19-7-6-16-14-24(26,15-27-5-2)13-11-17(16)18(19)10-12-23(20,21)3/h16-22,26H,4-15,25H2,1-3H3/t16-,17+,18-,19-,20+,21-,22+,23+,24-/m1/s1. The van der Waals surface area contributed by atoms with Crippen molar-refractivity contribution in [1.82, 2.24) is 0 Å². The molecule has 0 aromatic rings. The Bertz CT molecular complexity index is 525. The number of aliphatic hydroxyl groups is 1. The molecule has 27 heavy (non-hydrogen) atoms. The zero-order chi connectivity index (χ0) is 19.2. The lowest BCUT2D eigenvalue weighted by atomic mass is 9.48. The molecule has 4 fully saturated rings. The van der Waals surface area contributed by atoms with Crippen molar-refractivity contribution in [3.05, 3.63) is 0 Å². The van der Waals surface area contributed by atoms with Crippen LogP contribution in [0.25, 0.3) is 0 Å². The van der Waals surface area contributed by atoms with Gasteiger partial charge in [0.25, 0.3) is 0 Å². The van der Waals surface area contributed by atoms with Crippen LogP contribution in [0.4, 0.5) is 0 Å². The SMILES string of the molecule is CCOC[C@@]1(O)CC[C@H]2[C@H](CC[C@@H]3[C@@H]2CC[C@]2(C)[C@@H]([C@@H](N)CC)CC[C@@H]32)C1. The zero-order valence-corrected chi connectivity index (χ0v) is 18.0. The van der Waals surface area contributed by atoms with Gasteiger partial charge in [0.2, 0.25) is 0 Å². The molecule has 156 valence electrons. The molecule has 4 aliphatic rings. The van der Waals surface area contributed by atoms with Gasteiger partial charge in [-0.1, -0.05) is 13.8 Å². The predicted octanol–water partition coefficient (Wildman–Crippen LogP) is 4.76. The fourth-order valence-corrected chi connectivity index (χ4v) is 8.41. The van der Waals surface area contributed by atoms with E-state index in [2.05, 4.69) is 13.8 Å². The Kier molecular flexibility index (Phi) is 5.68. The molecule has 0 spiro atoms. The summed E-state index contributed by atoms with van der Waals surface area (Å²) >= 11 is 0. The third-order valence-electron chi connectivity index (χ3n) is 9.74. The molecule has 0 bridgehead atoms. The molecular weight excluding hydrogens is 334 g/mol. The second kappa shape index (κ2) is 7.61. The van der Waals surface area contributed by atoms with Crippen molar-refractivity contribution in [1.29, 1.82) is 0 Å². The largest absolute Gasteiger partial charge is 0.387 e. The van der Waals surface area contributed by atoms with Crippen molar-refractivity contribution in [2.75, 3.05) is 13.2 Å². The van der Waals surface area contributed by atoms with Gasteiger partial charge in [-0.2, -0.15) is 0 Å². The van der Waals surface area contributed by atoms with Gasteiger partial charge in [0.05, 0.1) is 12.2 Å². The maximum absolute atomic E-state index is 11.0. The monoisotopic (exact) mass is 377 g/mol. The third-order valence-corrected chi connectivity index (χ3v) is 9.74. The Morgan fingerprint density at radius 1 is 1.00 bits per heavy atom. The molecule has 3 nitrogen and oxygen atoms in total. The number of hydrogen-bond acceptors (Lipinski definition) is 3. The molecule has 9 atom stereocenters. The van der Waals surface area contributed by atoms with Crippen molar-refractivity contribution >= 4 is 0 Å². The van der Waals surface area contributed by atoms with Crippen molar-refractivity contribution in [3.8, 4) is 0 Å².